The molecule has 2 rings (SSSR count). The highest BCUT2D eigenvalue weighted by molar-refractivity contribution is 6.31. The van der Waals surface area contributed by atoms with Gasteiger partial charge in [-0.1, -0.05) is 11.6 Å². The summed E-state index contributed by atoms with van der Waals surface area (Å²) in [5.41, 5.74) is 2.84. The molecular formula is C10H10ClN3. The molecule has 2 aromatic heterocycles. The summed E-state index contributed by atoms with van der Waals surface area (Å²) in [7, 11) is 1.94. The van der Waals surface area contributed by atoms with Crippen LogP contribution < -0.4 is 0 Å². The van der Waals surface area contributed by atoms with Crippen molar-refractivity contribution < 1.29 is 0 Å². The van der Waals surface area contributed by atoms with Crippen molar-refractivity contribution in [1.82, 2.24) is 14.5 Å². The molecule has 0 saturated heterocycles. The van der Waals surface area contributed by atoms with Crippen LogP contribution in [0.2, 0.25) is 5.02 Å². The van der Waals surface area contributed by atoms with E-state index in [1.807, 2.05) is 24.6 Å². The van der Waals surface area contributed by atoms with Crippen LogP contribution in [0.3, 0.4) is 0 Å². The molecule has 0 N–H and O–H groups in total. The maximum Gasteiger partial charge on any atom is 0.0948 e. The topological polar surface area (TPSA) is 30.7 Å². The predicted molar refractivity (Wildman–Crippen MR) is 56.2 cm³/mol. The lowest BCUT2D eigenvalue weighted by molar-refractivity contribution is 0.920. The molecule has 0 aromatic carbocycles. The number of pyridine rings is 1. The van der Waals surface area contributed by atoms with Gasteiger partial charge in [0.2, 0.25) is 0 Å². The van der Waals surface area contributed by atoms with Crippen molar-refractivity contribution in [2.24, 2.45) is 7.05 Å². The molecule has 0 bridgehead atoms. The summed E-state index contributed by atoms with van der Waals surface area (Å²) < 4.78 is 1.93. The van der Waals surface area contributed by atoms with Crippen LogP contribution in [0.4, 0.5) is 0 Å². The Morgan fingerprint density at radius 2 is 2.14 bits per heavy atom. The van der Waals surface area contributed by atoms with E-state index in [0.717, 1.165) is 17.0 Å². The molecule has 0 amide bonds. The van der Waals surface area contributed by atoms with E-state index in [2.05, 4.69) is 9.97 Å². The van der Waals surface area contributed by atoms with Crippen molar-refractivity contribution in [3.8, 4) is 11.3 Å². The summed E-state index contributed by atoms with van der Waals surface area (Å²) in [5.74, 6) is 0. The van der Waals surface area contributed by atoms with Crippen LogP contribution in [0.1, 0.15) is 5.69 Å². The smallest absolute Gasteiger partial charge is 0.0948 e. The molecule has 14 heavy (non-hydrogen) atoms. The number of nitrogens with zero attached hydrogens (tertiary/aromatic N) is 3. The van der Waals surface area contributed by atoms with Gasteiger partial charge < -0.3 is 4.57 Å². The largest absolute Gasteiger partial charge is 0.334 e. The van der Waals surface area contributed by atoms with Crippen LogP contribution in [-0.4, -0.2) is 14.5 Å². The maximum absolute atomic E-state index is 5.99. The zero-order valence-electron chi connectivity index (χ0n) is 8.03. The summed E-state index contributed by atoms with van der Waals surface area (Å²) in [6.45, 7) is 1.88. The van der Waals surface area contributed by atoms with Crippen LogP contribution in [0.25, 0.3) is 11.3 Å². The van der Waals surface area contributed by atoms with E-state index in [1.54, 1.807) is 18.7 Å². The first kappa shape index (κ1) is 9.21. The number of rotatable bonds is 1. The van der Waals surface area contributed by atoms with Gasteiger partial charge in [-0.2, -0.15) is 0 Å². The zero-order chi connectivity index (χ0) is 10.1. The maximum atomic E-state index is 5.99. The highest BCUT2D eigenvalue weighted by Gasteiger charge is 2.04. The Bertz CT molecular complexity index is 462. The minimum atomic E-state index is 0.684. The third kappa shape index (κ3) is 1.51. The van der Waals surface area contributed by atoms with Crippen LogP contribution in [0.15, 0.2) is 24.8 Å². The van der Waals surface area contributed by atoms with Gasteiger partial charge in [-0.15, -0.1) is 0 Å². The lowest BCUT2D eigenvalue weighted by Crippen LogP contribution is -1.91. The van der Waals surface area contributed by atoms with Crippen molar-refractivity contribution in [3.63, 3.8) is 0 Å². The third-order valence-corrected chi connectivity index (χ3v) is 2.52. The zero-order valence-corrected chi connectivity index (χ0v) is 8.78. The fourth-order valence-electron chi connectivity index (χ4n) is 1.28. The molecule has 2 aromatic rings. The number of imidazole rings is 1. The van der Waals surface area contributed by atoms with E-state index >= 15 is 0 Å². The van der Waals surface area contributed by atoms with Gasteiger partial charge in [0.1, 0.15) is 0 Å². The fraction of sp³-hybridized carbons (Fsp3) is 0.200. The lowest BCUT2D eigenvalue weighted by Gasteiger charge is -2.03. The Labute approximate surface area is 87.4 Å². The molecule has 0 aliphatic carbocycles. The van der Waals surface area contributed by atoms with Gasteiger partial charge in [-0.05, 0) is 13.0 Å². The van der Waals surface area contributed by atoms with E-state index in [-0.39, 0.29) is 0 Å². The second-order valence-corrected chi connectivity index (χ2v) is 3.59. The molecule has 0 saturated carbocycles. The van der Waals surface area contributed by atoms with E-state index in [4.69, 9.17) is 11.6 Å². The van der Waals surface area contributed by atoms with Crippen molar-refractivity contribution in [1.29, 1.82) is 0 Å². The van der Waals surface area contributed by atoms with Crippen molar-refractivity contribution >= 4 is 11.6 Å². The first-order valence-electron chi connectivity index (χ1n) is 4.27. The second kappa shape index (κ2) is 3.42. The first-order chi connectivity index (χ1) is 6.68. The van der Waals surface area contributed by atoms with Gasteiger partial charge in [0.15, 0.2) is 0 Å². The SMILES string of the molecule is Cc1ncc(-c2cncn2C)cc1Cl. The molecule has 4 heteroatoms. The lowest BCUT2D eigenvalue weighted by atomic mass is 10.2. The molecule has 2 heterocycles. The minimum absolute atomic E-state index is 0.684. The Balaban J connectivity index is 2.53. The fourth-order valence-corrected chi connectivity index (χ4v) is 1.45. The molecule has 3 nitrogen and oxygen atoms in total. The van der Waals surface area contributed by atoms with E-state index in [9.17, 15) is 0 Å². The van der Waals surface area contributed by atoms with Gasteiger partial charge in [-0.25, -0.2) is 4.98 Å². The molecule has 72 valence electrons. The number of hydrogen-bond acceptors (Lipinski definition) is 2. The Kier molecular flexibility index (Phi) is 2.25. The first-order valence-corrected chi connectivity index (χ1v) is 4.65. The van der Waals surface area contributed by atoms with Gasteiger partial charge in [0.25, 0.3) is 0 Å². The predicted octanol–water partition coefficient (Wildman–Crippen LogP) is 2.44. The highest BCUT2D eigenvalue weighted by Crippen LogP contribution is 2.22. The third-order valence-electron chi connectivity index (χ3n) is 2.14. The quantitative estimate of drug-likeness (QED) is 0.719. The summed E-state index contributed by atoms with van der Waals surface area (Å²) >= 11 is 5.99. The van der Waals surface area contributed by atoms with Crippen LogP contribution in [-0.2, 0) is 7.05 Å². The molecule has 0 aliphatic rings. The Morgan fingerprint density at radius 1 is 1.36 bits per heavy atom. The van der Waals surface area contributed by atoms with Crippen LogP contribution in [0.5, 0.6) is 0 Å². The van der Waals surface area contributed by atoms with Gasteiger partial charge in [0.05, 0.1) is 28.9 Å². The van der Waals surface area contributed by atoms with Crippen molar-refractivity contribution in [2.75, 3.05) is 0 Å². The number of aromatic nitrogens is 3. The summed E-state index contributed by atoms with van der Waals surface area (Å²) in [6, 6.07) is 1.90. The summed E-state index contributed by atoms with van der Waals surface area (Å²) in [6.07, 6.45) is 5.35. The molecule has 0 radical (unpaired) electrons. The Hall–Kier alpha value is -1.35. The standard InChI is InChI=1S/C10H10ClN3/c1-7-9(11)3-8(4-13-7)10-5-12-6-14(10)2/h3-6H,1-2H3. The van der Waals surface area contributed by atoms with E-state index in [0.29, 0.717) is 5.02 Å². The van der Waals surface area contributed by atoms with Crippen molar-refractivity contribution in [3.05, 3.63) is 35.5 Å². The normalized spacial score (nSPS) is 10.5. The van der Waals surface area contributed by atoms with Crippen LogP contribution in [0, 0.1) is 6.92 Å². The van der Waals surface area contributed by atoms with E-state index < -0.39 is 0 Å². The molecular weight excluding hydrogens is 198 g/mol. The molecule has 0 atom stereocenters. The van der Waals surface area contributed by atoms with Crippen LogP contribution >= 0.6 is 11.6 Å². The number of hydrogen-bond donors (Lipinski definition) is 0. The summed E-state index contributed by atoms with van der Waals surface area (Å²) in [5, 5.41) is 0.684. The minimum Gasteiger partial charge on any atom is -0.334 e. The molecule has 0 aliphatic heterocycles. The number of halogens is 1. The van der Waals surface area contributed by atoms with E-state index in [1.165, 1.54) is 0 Å². The molecule has 0 fully saturated rings. The molecule has 0 spiro atoms. The monoisotopic (exact) mass is 207 g/mol. The van der Waals surface area contributed by atoms with Crippen molar-refractivity contribution in [2.45, 2.75) is 6.92 Å². The molecule has 0 unspecified atom stereocenters. The average Bonchev–Trinajstić information content (AvgIpc) is 2.57. The van der Waals surface area contributed by atoms with Gasteiger partial charge in [0, 0.05) is 18.8 Å². The second-order valence-electron chi connectivity index (χ2n) is 3.18. The Morgan fingerprint density at radius 3 is 2.71 bits per heavy atom. The summed E-state index contributed by atoms with van der Waals surface area (Å²) in [4.78, 5) is 8.24. The highest BCUT2D eigenvalue weighted by atomic mass is 35.5. The average molecular weight is 208 g/mol. The van der Waals surface area contributed by atoms with Gasteiger partial charge in [-0.3, -0.25) is 4.98 Å². The number of aryl methyl sites for hydroxylation is 2. The van der Waals surface area contributed by atoms with Gasteiger partial charge >= 0.3 is 0 Å².